The van der Waals surface area contributed by atoms with E-state index in [-0.39, 0.29) is 5.41 Å². The summed E-state index contributed by atoms with van der Waals surface area (Å²) in [6.45, 7) is 7.19. The average molecular weight is 211 g/mol. The molecule has 0 amide bonds. The van der Waals surface area contributed by atoms with Crippen LogP contribution in [-0.2, 0) is 0 Å². The maximum Gasteiger partial charge on any atom is 0.187 e. The van der Waals surface area contributed by atoms with Gasteiger partial charge in [-0.05, 0) is 11.5 Å². The van der Waals surface area contributed by atoms with Crippen molar-refractivity contribution in [2.24, 2.45) is 11.1 Å². The standard InChI is InChI=1S/C10H17N3S/c1-10(2,3)8(7-11)14-9-12-5-4-6-13-9/h4-6,8H,7,11H2,1-3H3. The number of hydrogen-bond donors (Lipinski definition) is 1. The molecule has 1 unspecified atom stereocenters. The quantitative estimate of drug-likeness (QED) is 0.613. The van der Waals surface area contributed by atoms with Gasteiger partial charge in [0.15, 0.2) is 5.16 Å². The van der Waals surface area contributed by atoms with Crippen molar-refractivity contribution in [2.75, 3.05) is 6.54 Å². The molecule has 0 saturated heterocycles. The van der Waals surface area contributed by atoms with Crippen molar-refractivity contribution in [1.29, 1.82) is 0 Å². The second kappa shape index (κ2) is 4.75. The van der Waals surface area contributed by atoms with Crippen molar-refractivity contribution >= 4 is 11.8 Å². The van der Waals surface area contributed by atoms with Gasteiger partial charge in [-0.3, -0.25) is 0 Å². The summed E-state index contributed by atoms with van der Waals surface area (Å²) in [5.41, 5.74) is 5.91. The summed E-state index contributed by atoms with van der Waals surface area (Å²) in [6.07, 6.45) is 3.51. The van der Waals surface area contributed by atoms with Gasteiger partial charge in [0.1, 0.15) is 0 Å². The first-order chi connectivity index (χ1) is 6.54. The first-order valence-electron chi connectivity index (χ1n) is 4.68. The molecule has 1 rings (SSSR count). The average Bonchev–Trinajstić information content (AvgIpc) is 2.14. The first kappa shape index (κ1) is 11.5. The Labute approximate surface area is 89.5 Å². The van der Waals surface area contributed by atoms with Crippen molar-refractivity contribution in [2.45, 2.75) is 31.2 Å². The maximum atomic E-state index is 5.73. The van der Waals surface area contributed by atoms with Crippen molar-refractivity contribution in [3.63, 3.8) is 0 Å². The molecule has 1 aromatic heterocycles. The molecular weight excluding hydrogens is 194 g/mol. The molecule has 1 atom stereocenters. The molecule has 0 radical (unpaired) electrons. The lowest BCUT2D eigenvalue weighted by molar-refractivity contribution is 0.398. The van der Waals surface area contributed by atoms with E-state index in [1.165, 1.54) is 0 Å². The normalized spacial score (nSPS) is 14.0. The summed E-state index contributed by atoms with van der Waals surface area (Å²) in [5, 5.41) is 1.16. The lowest BCUT2D eigenvalue weighted by Crippen LogP contribution is -2.31. The number of nitrogens with zero attached hydrogens (tertiary/aromatic N) is 2. The predicted molar refractivity (Wildman–Crippen MR) is 60.2 cm³/mol. The van der Waals surface area contributed by atoms with E-state index < -0.39 is 0 Å². The van der Waals surface area contributed by atoms with Crippen molar-refractivity contribution in [3.8, 4) is 0 Å². The minimum Gasteiger partial charge on any atom is -0.329 e. The summed E-state index contributed by atoms with van der Waals surface area (Å²) >= 11 is 1.65. The van der Waals surface area contributed by atoms with E-state index in [1.54, 1.807) is 24.2 Å². The van der Waals surface area contributed by atoms with Crippen LogP contribution >= 0.6 is 11.8 Å². The van der Waals surface area contributed by atoms with Gasteiger partial charge in [-0.1, -0.05) is 32.5 Å². The van der Waals surface area contributed by atoms with Gasteiger partial charge in [-0.25, -0.2) is 9.97 Å². The van der Waals surface area contributed by atoms with Crippen LogP contribution in [0.3, 0.4) is 0 Å². The Balaban J connectivity index is 2.67. The fourth-order valence-electron chi connectivity index (χ4n) is 1.05. The molecule has 0 aliphatic heterocycles. The van der Waals surface area contributed by atoms with Gasteiger partial charge in [-0.15, -0.1) is 0 Å². The second-order valence-electron chi connectivity index (χ2n) is 4.24. The molecule has 14 heavy (non-hydrogen) atoms. The summed E-state index contributed by atoms with van der Waals surface area (Å²) in [5.74, 6) is 0. The lowest BCUT2D eigenvalue weighted by atomic mass is 9.92. The SMILES string of the molecule is CC(C)(C)C(CN)Sc1ncccn1. The number of aromatic nitrogens is 2. The van der Waals surface area contributed by atoms with Gasteiger partial charge >= 0.3 is 0 Å². The van der Waals surface area contributed by atoms with E-state index in [1.807, 2.05) is 6.07 Å². The molecule has 0 fully saturated rings. The number of nitrogens with two attached hydrogens (primary N) is 1. The molecule has 1 heterocycles. The van der Waals surface area contributed by atoms with Gasteiger partial charge in [0.25, 0.3) is 0 Å². The van der Waals surface area contributed by atoms with Crippen molar-refractivity contribution in [1.82, 2.24) is 9.97 Å². The van der Waals surface area contributed by atoms with Crippen molar-refractivity contribution < 1.29 is 0 Å². The highest BCUT2D eigenvalue weighted by Gasteiger charge is 2.24. The molecule has 1 aromatic rings. The highest BCUT2D eigenvalue weighted by atomic mass is 32.2. The van der Waals surface area contributed by atoms with Crippen LogP contribution < -0.4 is 5.73 Å². The fraction of sp³-hybridized carbons (Fsp3) is 0.600. The predicted octanol–water partition coefficient (Wildman–Crippen LogP) is 1.94. The number of hydrogen-bond acceptors (Lipinski definition) is 4. The minimum atomic E-state index is 0.179. The van der Waals surface area contributed by atoms with E-state index in [2.05, 4.69) is 30.7 Å². The van der Waals surface area contributed by atoms with Crippen LogP contribution in [0.4, 0.5) is 0 Å². The Kier molecular flexibility index (Phi) is 3.89. The molecule has 2 N–H and O–H groups in total. The molecule has 0 spiro atoms. The second-order valence-corrected chi connectivity index (χ2v) is 5.41. The molecule has 0 saturated carbocycles. The molecule has 0 aromatic carbocycles. The van der Waals surface area contributed by atoms with Crippen LogP contribution in [-0.4, -0.2) is 21.8 Å². The third-order valence-corrected chi connectivity index (χ3v) is 3.58. The topological polar surface area (TPSA) is 51.8 Å². The summed E-state index contributed by atoms with van der Waals surface area (Å²) in [7, 11) is 0. The smallest absolute Gasteiger partial charge is 0.187 e. The Morgan fingerprint density at radius 1 is 1.36 bits per heavy atom. The molecule has 0 bridgehead atoms. The van der Waals surface area contributed by atoms with Crippen LogP contribution in [0.2, 0.25) is 0 Å². The molecular formula is C10H17N3S. The third-order valence-electron chi connectivity index (χ3n) is 1.97. The minimum absolute atomic E-state index is 0.179. The number of thioether (sulfide) groups is 1. The van der Waals surface area contributed by atoms with E-state index in [9.17, 15) is 0 Å². The van der Waals surface area contributed by atoms with E-state index in [0.29, 0.717) is 11.8 Å². The highest BCUT2D eigenvalue weighted by molar-refractivity contribution is 7.99. The zero-order valence-electron chi connectivity index (χ0n) is 8.90. The Morgan fingerprint density at radius 3 is 2.36 bits per heavy atom. The van der Waals surface area contributed by atoms with E-state index in [4.69, 9.17) is 5.73 Å². The summed E-state index contributed by atoms with van der Waals surface area (Å²) in [4.78, 5) is 8.35. The van der Waals surface area contributed by atoms with E-state index in [0.717, 1.165) is 5.16 Å². The maximum absolute atomic E-state index is 5.73. The van der Waals surface area contributed by atoms with Crippen LogP contribution in [0.1, 0.15) is 20.8 Å². The third kappa shape index (κ3) is 3.27. The molecule has 4 heteroatoms. The Bertz CT molecular complexity index is 268. The van der Waals surface area contributed by atoms with Gasteiger partial charge in [0.2, 0.25) is 0 Å². The van der Waals surface area contributed by atoms with Crippen LogP contribution in [0.15, 0.2) is 23.6 Å². The van der Waals surface area contributed by atoms with Gasteiger partial charge in [-0.2, -0.15) is 0 Å². The number of rotatable bonds is 3. The monoisotopic (exact) mass is 211 g/mol. The van der Waals surface area contributed by atoms with Crippen molar-refractivity contribution in [3.05, 3.63) is 18.5 Å². The first-order valence-corrected chi connectivity index (χ1v) is 5.55. The molecule has 78 valence electrons. The van der Waals surface area contributed by atoms with E-state index >= 15 is 0 Å². The largest absolute Gasteiger partial charge is 0.329 e. The zero-order chi connectivity index (χ0) is 10.6. The van der Waals surface area contributed by atoms with Crippen LogP contribution in [0.25, 0.3) is 0 Å². The Hall–Kier alpha value is -0.610. The summed E-state index contributed by atoms with van der Waals surface area (Å²) in [6, 6.07) is 1.82. The van der Waals surface area contributed by atoms with Gasteiger partial charge in [0.05, 0.1) is 0 Å². The Morgan fingerprint density at radius 2 is 1.93 bits per heavy atom. The van der Waals surface area contributed by atoms with Gasteiger partial charge in [0, 0.05) is 24.2 Å². The highest BCUT2D eigenvalue weighted by Crippen LogP contribution is 2.32. The van der Waals surface area contributed by atoms with Crippen LogP contribution in [0, 0.1) is 5.41 Å². The summed E-state index contributed by atoms with van der Waals surface area (Å²) < 4.78 is 0. The molecule has 0 aliphatic carbocycles. The van der Waals surface area contributed by atoms with Crippen LogP contribution in [0.5, 0.6) is 0 Å². The molecule has 0 aliphatic rings. The zero-order valence-corrected chi connectivity index (χ0v) is 9.71. The van der Waals surface area contributed by atoms with Gasteiger partial charge < -0.3 is 5.73 Å². The lowest BCUT2D eigenvalue weighted by Gasteiger charge is -2.28. The fourth-order valence-corrected chi connectivity index (χ4v) is 2.00. The molecule has 3 nitrogen and oxygen atoms in total.